The molecule has 0 unspecified atom stereocenters. The summed E-state index contributed by atoms with van der Waals surface area (Å²) >= 11 is 3.51. The zero-order valence-electron chi connectivity index (χ0n) is 12.2. The van der Waals surface area contributed by atoms with Crippen molar-refractivity contribution in [2.45, 2.75) is 18.4 Å². The van der Waals surface area contributed by atoms with Crippen molar-refractivity contribution in [2.75, 3.05) is 20.1 Å². The van der Waals surface area contributed by atoms with Crippen molar-refractivity contribution < 1.29 is 4.74 Å². The Kier molecular flexibility index (Phi) is 4.61. The molecule has 21 heavy (non-hydrogen) atoms. The van der Waals surface area contributed by atoms with Gasteiger partial charge in [0, 0.05) is 23.5 Å². The molecule has 2 aromatic carbocycles. The Balaban J connectivity index is 1.81. The van der Waals surface area contributed by atoms with E-state index in [0.717, 1.165) is 29.7 Å². The van der Waals surface area contributed by atoms with Gasteiger partial charge in [-0.05, 0) is 37.2 Å². The van der Waals surface area contributed by atoms with E-state index < -0.39 is 0 Å². The SMILES string of the molecule is CN1CC[C@H](Oc2cccc(Br)c2)[C@@H](c2ccccc2)C1. The summed E-state index contributed by atoms with van der Waals surface area (Å²) in [6, 6.07) is 18.8. The van der Waals surface area contributed by atoms with Crippen molar-refractivity contribution in [3.05, 3.63) is 64.6 Å². The summed E-state index contributed by atoms with van der Waals surface area (Å²) in [5.41, 5.74) is 1.36. The Hall–Kier alpha value is -1.32. The molecule has 0 amide bonds. The quantitative estimate of drug-likeness (QED) is 0.821. The van der Waals surface area contributed by atoms with Gasteiger partial charge in [-0.25, -0.2) is 0 Å². The Labute approximate surface area is 134 Å². The minimum Gasteiger partial charge on any atom is -0.490 e. The summed E-state index contributed by atoms with van der Waals surface area (Å²) in [6.07, 6.45) is 1.29. The number of likely N-dealkylation sites (tertiary alicyclic amines) is 1. The molecule has 1 fully saturated rings. The maximum atomic E-state index is 6.29. The van der Waals surface area contributed by atoms with Gasteiger partial charge in [-0.15, -0.1) is 0 Å². The van der Waals surface area contributed by atoms with E-state index in [0.29, 0.717) is 5.92 Å². The van der Waals surface area contributed by atoms with Crippen molar-refractivity contribution >= 4 is 15.9 Å². The molecule has 1 heterocycles. The molecule has 1 aliphatic heterocycles. The molecular weight excluding hydrogens is 326 g/mol. The van der Waals surface area contributed by atoms with Crippen LogP contribution in [0, 0.1) is 0 Å². The highest BCUT2D eigenvalue weighted by atomic mass is 79.9. The molecule has 1 aliphatic rings. The van der Waals surface area contributed by atoms with Crippen molar-refractivity contribution in [1.82, 2.24) is 4.90 Å². The lowest BCUT2D eigenvalue weighted by Gasteiger charge is -2.37. The summed E-state index contributed by atoms with van der Waals surface area (Å²) in [5.74, 6) is 1.36. The van der Waals surface area contributed by atoms with Crippen LogP contribution in [0.3, 0.4) is 0 Å². The van der Waals surface area contributed by atoms with Gasteiger partial charge in [-0.3, -0.25) is 0 Å². The Morgan fingerprint density at radius 2 is 1.90 bits per heavy atom. The fourth-order valence-electron chi connectivity index (χ4n) is 2.97. The molecule has 2 atom stereocenters. The molecule has 0 radical (unpaired) electrons. The minimum absolute atomic E-state index is 0.234. The van der Waals surface area contributed by atoms with Gasteiger partial charge < -0.3 is 9.64 Å². The predicted octanol–water partition coefficient (Wildman–Crippen LogP) is 4.32. The number of hydrogen-bond acceptors (Lipinski definition) is 2. The van der Waals surface area contributed by atoms with Gasteiger partial charge in [0.2, 0.25) is 0 Å². The minimum atomic E-state index is 0.234. The molecule has 110 valence electrons. The van der Waals surface area contributed by atoms with E-state index in [1.807, 2.05) is 24.3 Å². The van der Waals surface area contributed by atoms with Gasteiger partial charge in [0.1, 0.15) is 11.9 Å². The van der Waals surface area contributed by atoms with Crippen LogP contribution in [-0.4, -0.2) is 31.1 Å². The standard InChI is InChI=1S/C18H20BrNO/c1-20-11-10-18(21-16-9-5-8-15(19)12-16)17(13-20)14-6-3-2-4-7-14/h2-9,12,17-18H,10-11,13H2,1H3/t17-,18+/m1/s1. The van der Waals surface area contributed by atoms with Crippen LogP contribution in [0.1, 0.15) is 17.9 Å². The van der Waals surface area contributed by atoms with E-state index >= 15 is 0 Å². The maximum Gasteiger partial charge on any atom is 0.120 e. The molecule has 2 aromatic rings. The normalized spacial score (nSPS) is 23.0. The van der Waals surface area contributed by atoms with E-state index in [-0.39, 0.29) is 6.10 Å². The van der Waals surface area contributed by atoms with Gasteiger partial charge in [0.25, 0.3) is 0 Å². The van der Waals surface area contributed by atoms with E-state index in [1.54, 1.807) is 0 Å². The van der Waals surface area contributed by atoms with Crippen LogP contribution in [0.5, 0.6) is 5.75 Å². The highest BCUT2D eigenvalue weighted by Crippen LogP contribution is 2.31. The number of piperidine rings is 1. The first kappa shape index (κ1) is 14.6. The van der Waals surface area contributed by atoms with Crippen LogP contribution in [0.25, 0.3) is 0 Å². The molecular formula is C18H20BrNO. The lowest BCUT2D eigenvalue weighted by molar-refractivity contribution is 0.0901. The first-order chi connectivity index (χ1) is 10.2. The Morgan fingerprint density at radius 1 is 1.10 bits per heavy atom. The maximum absolute atomic E-state index is 6.29. The molecule has 2 nitrogen and oxygen atoms in total. The number of hydrogen-bond donors (Lipinski definition) is 0. The number of likely N-dealkylation sites (N-methyl/N-ethyl adjacent to an activating group) is 1. The molecule has 0 bridgehead atoms. The van der Waals surface area contributed by atoms with Gasteiger partial charge in [0.15, 0.2) is 0 Å². The van der Waals surface area contributed by atoms with E-state index in [9.17, 15) is 0 Å². The second-order valence-electron chi connectivity index (χ2n) is 5.68. The summed E-state index contributed by atoms with van der Waals surface area (Å²) in [5, 5.41) is 0. The van der Waals surface area contributed by atoms with Crippen molar-refractivity contribution in [3.8, 4) is 5.75 Å². The number of nitrogens with zero attached hydrogens (tertiary/aromatic N) is 1. The molecule has 1 saturated heterocycles. The third kappa shape index (κ3) is 3.66. The predicted molar refractivity (Wildman–Crippen MR) is 89.9 cm³/mol. The van der Waals surface area contributed by atoms with Crippen LogP contribution in [0.15, 0.2) is 59.1 Å². The molecule has 3 heteroatoms. The average molecular weight is 346 g/mol. The van der Waals surface area contributed by atoms with Crippen molar-refractivity contribution in [1.29, 1.82) is 0 Å². The molecule has 0 spiro atoms. The molecule has 0 saturated carbocycles. The number of halogens is 1. The van der Waals surface area contributed by atoms with Gasteiger partial charge in [-0.2, -0.15) is 0 Å². The fourth-order valence-corrected chi connectivity index (χ4v) is 3.35. The first-order valence-corrected chi connectivity index (χ1v) is 8.17. The smallest absolute Gasteiger partial charge is 0.120 e. The fraction of sp³-hybridized carbons (Fsp3) is 0.333. The summed E-state index contributed by atoms with van der Waals surface area (Å²) in [6.45, 7) is 2.13. The third-order valence-corrected chi connectivity index (χ3v) is 4.56. The lowest BCUT2D eigenvalue weighted by Crippen LogP contribution is -2.42. The van der Waals surface area contributed by atoms with Crippen LogP contribution < -0.4 is 4.74 Å². The Morgan fingerprint density at radius 3 is 2.67 bits per heavy atom. The topological polar surface area (TPSA) is 12.5 Å². The second-order valence-corrected chi connectivity index (χ2v) is 6.60. The van der Waals surface area contributed by atoms with Gasteiger partial charge >= 0.3 is 0 Å². The highest BCUT2D eigenvalue weighted by Gasteiger charge is 2.30. The molecule has 0 aromatic heterocycles. The summed E-state index contributed by atoms with van der Waals surface area (Å²) in [4.78, 5) is 2.39. The lowest BCUT2D eigenvalue weighted by atomic mass is 9.88. The van der Waals surface area contributed by atoms with Crippen molar-refractivity contribution in [2.24, 2.45) is 0 Å². The zero-order valence-corrected chi connectivity index (χ0v) is 13.8. The highest BCUT2D eigenvalue weighted by molar-refractivity contribution is 9.10. The van der Waals surface area contributed by atoms with Gasteiger partial charge in [0.05, 0.1) is 0 Å². The van der Waals surface area contributed by atoms with Gasteiger partial charge in [-0.1, -0.05) is 52.3 Å². The number of rotatable bonds is 3. The largest absolute Gasteiger partial charge is 0.490 e. The molecule has 0 N–H and O–H groups in total. The number of benzene rings is 2. The van der Waals surface area contributed by atoms with Crippen LogP contribution in [0.4, 0.5) is 0 Å². The second kappa shape index (κ2) is 6.63. The molecule has 3 rings (SSSR count). The van der Waals surface area contributed by atoms with E-state index in [2.05, 4.69) is 58.2 Å². The van der Waals surface area contributed by atoms with E-state index in [1.165, 1.54) is 5.56 Å². The molecule has 0 aliphatic carbocycles. The van der Waals surface area contributed by atoms with Crippen LogP contribution in [-0.2, 0) is 0 Å². The first-order valence-electron chi connectivity index (χ1n) is 7.38. The average Bonchev–Trinajstić information content (AvgIpc) is 2.50. The van der Waals surface area contributed by atoms with Crippen LogP contribution >= 0.6 is 15.9 Å². The third-order valence-electron chi connectivity index (χ3n) is 4.06. The summed E-state index contributed by atoms with van der Waals surface area (Å²) in [7, 11) is 2.19. The Bertz CT molecular complexity index is 587. The van der Waals surface area contributed by atoms with Crippen LogP contribution in [0.2, 0.25) is 0 Å². The van der Waals surface area contributed by atoms with Crippen molar-refractivity contribution in [3.63, 3.8) is 0 Å². The van der Waals surface area contributed by atoms with E-state index in [4.69, 9.17) is 4.74 Å². The monoisotopic (exact) mass is 345 g/mol. The summed E-state index contributed by atoms with van der Waals surface area (Å²) < 4.78 is 7.35. The number of ether oxygens (including phenoxy) is 1. The zero-order chi connectivity index (χ0) is 14.7.